The van der Waals surface area contributed by atoms with Crippen LogP contribution in [0.1, 0.15) is 12.8 Å². The molecule has 1 aliphatic rings. The molecule has 10 heteroatoms. The molecule has 1 saturated heterocycles. The molecule has 158 valence electrons. The maximum atomic E-state index is 12.4. The second-order valence-electron chi connectivity index (χ2n) is 7.59. The minimum atomic E-state index is -0.497. The third kappa shape index (κ3) is 3.96. The summed E-state index contributed by atoms with van der Waals surface area (Å²) in [5.74, 6) is 1.07. The third-order valence-electron chi connectivity index (χ3n) is 5.38. The van der Waals surface area contributed by atoms with E-state index in [1.54, 1.807) is 0 Å². The Labute approximate surface area is 172 Å². The van der Waals surface area contributed by atoms with Crippen LogP contribution in [0.2, 0.25) is 0 Å². The summed E-state index contributed by atoms with van der Waals surface area (Å²) in [5.41, 5.74) is 5.93. The molecular weight excluding hydrogens is 386 g/mol. The second-order valence-corrected chi connectivity index (χ2v) is 7.59. The first-order chi connectivity index (χ1) is 14.4. The fourth-order valence-corrected chi connectivity index (χ4v) is 3.62. The number of aryl methyl sites for hydroxylation is 1. The molecule has 1 fully saturated rings. The second kappa shape index (κ2) is 8.33. The van der Waals surface area contributed by atoms with Crippen molar-refractivity contribution in [3.05, 3.63) is 45.1 Å². The number of benzene rings is 1. The van der Waals surface area contributed by atoms with E-state index < -0.39 is 11.2 Å². The van der Waals surface area contributed by atoms with Crippen molar-refractivity contribution in [1.29, 1.82) is 0 Å². The molecule has 4 rings (SSSR count). The molecule has 0 aliphatic carbocycles. The highest BCUT2D eigenvalue weighted by Crippen LogP contribution is 2.20. The number of fused-ring (bicyclic) bond motifs is 1. The van der Waals surface area contributed by atoms with Gasteiger partial charge < -0.3 is 15.4 Å². The van der Waals surface area contributed by atoms with Crippen molar-refractivity contribution in [2.24, 2.45) is 19.8 Å². The van der Waals surface area contributed by atoms with E-state index in [-0.39, 0.29) is 11.2 Å². The molecule has 0 saturated carbocycles. The molecule has 30 heavy (non-hydrogen) atoms. The van der Waals surface area contributed by atoms with Crippen molar-refractivity contribution in [3.63, 3.8) is 0 Å². The summed E-state index contributed by atoms with van der Waals surface area (Å²) in [4.78, 5) is 31.1. The predicted molar refractivity (Wildman–Crippen MR) is 112 cm³/mol. The smallest absolute Gasteiger partial charge is 0.332 e. The van der Waals surface area contributed by atoms with Gasteiger partial charge in [-0.05, 0) is 43.7 Å². The number of nitrogens with two attached hydrogens (primary N) is 1. The van der Waals surface area contributed by atoms with Gasteiger partial charge in [-0.2, -0.15) is 0 Å². The molecule has 1 atom stereocenters. The van der Waals surface area contributed by atoms with Crippen LogP contribution in [0, 0.1) is 0 Å². The van der Waals surface area contributed by atoms with E-state index >= 15 is 0 Å². The molecular formula is C20H25N7O3. The lowest BCUT2D eigenvalue weighted by molar-refractivity contribution is 0.262. The molecule has 0 spiro atoms. The summed E-state index contributed by atoms with van der Waals surface area (Å²) in [6.07, 6.45) is 2.00. The fourth-order valence-electron chi connectivity index (χ4n) is 3.62. The van der Waals surface area contributed by atoms with Gasteiger partial charge in [0, 0.05) is 38.8 Å². The predicted octanol–water partition coefficient (Wildman–Crippen LogP) is -0.109. The molecule has 1 aliphatic heterocycles. The van der Waals surface area contributed by atoms with Crippen LogP contribution in [0.25, 0.3) is 22.6 Å². The number of nitrogens with zero attached hydrogens (tertiary/aromatic N) is 6. The van der Waals surface area contributed by atoms with Crippen molar-refractivity contribution in [3.8, 4) is 17.1 Å². The van der Waals surface area contributed by atoms with E-state index in [0.717, 1.165) is 42.8 Å². The highest BCUT2D eigenvalue weighted by molar-refractivity contribution is 5.71. The number of rotatable bonds is 6. The quantitative estimate of drug-likeness (QED) is 0.558. The zero-order valence-electron chi connectivity index (χ0n) is 17.1. The normalized spacial score (nSPS) is 17.0. The first kappa shape index (κ1) is 20.2. The lowest BCUT2D eigenvalue weighted by Gasteiger charge is -2.15. The largest absolute Gasteiger partial charge is 0.494 e. The summed E-state index contributed by atoms with van der Waals surface area (Å²) >= 11 is 0. The van der Waals surface area contributed by atoms with Gasteiger partial charge >= 0.3 is 5.69 Å². The van der Waals surface area contributed by atoms with E-state index in [1.165, 1.54) is 18.7 Å². The van der Waals surface area contributed by atoms with Gasteiger partial charge in [0.2, 0.25) is 0 Å². The summed E-state index contributed by atoms with van der Waals surface area (Å²) in [6, 6.07) is 7.63. The van der Waals surface area contributed by atoms with Gasteiger partial charge in [0.1, 0.15) is 5.75 Å². The highest BCUT2D eigenvalue weighted by atomic mass is 16.5. The highest BCUT2D eigenvalue weighted by Gasteiger charge is 2.18. The third-order valence-corrected chi connectivity index (χ3v) is 5.38. The van der Waals surface area contributed by atoms with Crippen molar-refractivity contribution in [2.75, 3.05) is 26.2 Å². The van der Waals surface area contributed by atoms with Crippen LogP contribution in [0.15, 0.2) is 33.9 Å². The van der Waals surface area contributed by atoms with Crippen LogP contribution >= 0.6 is 0 Å². The number of aromatic nitrogens is 5. The minimum absolute atomic E-state index is 0.103. The van der Waals surface area contributed by atoms with E-state index in [4.69, 9.17) is 10.5 Å². The monoisotopic (exact) mass is 411 g/mol. The lowest BCUT2D eigenvalue weighted by Crippen LogP contribution is -2.38. The van der Waals surface area contributed by atoms with Gasteiger partial charge in [0.25, 0.3) is 5.56 Å². The Hall–Kier alpha value is -3.11. The maximum Gasteiger partial charge on any atom is 0.332 e. The average molecular weight is 411 g/mol. The molecule has 10 nitrogen and oxygen atoms in total. The SMILES string of the molecule is Cn1c(=O)c2nc(-c3ccc(OCCCN4CCC(N)C4)cc3)nnc2n(C)c1=O. The van der Waals surface area contributed by atoms with Crippen LogP contribution < -0.4 is 21.7 Å². The molecule has 0 radical (unpaired) electrons. The van der Waals surface area contributed by atoms with Gasteiger partial charge in [-0.15, -0.1) is 10.2 Å². The van der Waals surface area contributed by atoms with Crippen LogP contribution in [0.5, 0.6) is 5.75 Å². The van der Waals surface area contributed by atoms with Gasteiger partial charge in [-0.1, -0.05) is 0 Å². The van der Waals surface area contributed by atoms with Crippen LogP contribution in [-0.4, -0.2) is 61.5 Å². The first-order valence-corrected chi connectivity index (χ1v) is 9.95. The van der Waals surface area contributed by atoms with E-state index in [2.05, 4.69) is 20.1 Å². The summed E-state index contributed by atoms with van der Waals surface area (Å²) in [6.45, 7) is 3.64. The van der Waals surface area contributed by atoms with E-state index in [0.29, 0.717) is 24.0 Å². The number of hydrogen-bond acceptors (Lipinski definition) is 8. The average Bonchev–Trinajstić information content (AvgIpc) is 3.19. The summed E-state index contributed by atoms with van der Waals surface area (Å²) < 4.78 is 8.08. The molecule has 1 aromatic carbocycles. The zero-order valence-corrected chi connectivity index (χ0v) is 17.1. The molecule has 3 heterocycles. The standard InChI is InChI=1S/C20H25N7O3/c1-25-18-16(19(28)26(2)20(25)29)22-17(23-24-18)13-4-6-15(7-5-13)30-11-3-9-27-10-8-14(21)12-27/h4-7,14H,3,8-12,21H2,1-2H3. The van der Waals surface area contributed by atoms with Gasteiger partial charge in [0.05, 0.1) is 6.61 Å². The number of likely N-dealkylation sites (tertiary alicyclic amines) is 1. The van der Waals surface area contributed by atoms with Crippen molar-refractivity contribution in [1.82, 2.24) is 29.2 Å². The van der Waals surface area contributed by atoms with Gasteiger partial charge in [-0.25, -0.2) is 9.78 Å². The van der Waals surface area contributed by atoms with E-state index in [1.807, 2.05) is 24.3 Å². The zero-order chi connectivity index (χ0) is 21.3. The molecule has 2 aromatic heterocycles. The molecule has 2 N–H and O–H groups in total. The van der Waals surface area contributed by atoms with Gasteiger partial charge in [0.15, 0.2) is 17.0 Å². The topological polar surface area (TPSA) is 121 Å². The van der Waals surface area contributed by atoms with Gasteiger partial charge in [-0.3, -0.25) is 13.9 Å². The summed E-state index contributed by atoms with van der Waals surface area (Å²) in [5, 5.41) is 8.12. The molecule has 0 bridgehead atoms. The Bertz CT molecular complexity index is 1170. The first-order valence-electron chi connectivity index (χ1n) is 9.95. The Morgan fingerprint density at radius 1 is 1.13 bits per heavy atom. The van der Waals surface area contributed by atoms with Crippen LogP contribution in [0.3, 0.4) is 0 Å². The fraction of sp³-hybridized carbons (Fsp3) is 0.450. The molecule has 1 unspecified atom stereocenters. The maximum absolute atomic E-state index is 12.4. The van der Waals surface area contributed by atoms with E-state index in [9.17, 15) is 9.59 Å². The molecule has 3 aromatic rings. The Kier molecular flexibility index (Phi) is 5.60. The lowest BCUT2D eigenvalue weighted by atomic mass is 10.2. The minimum Gasteiger partial charge on any atom is -0.494 e. The van der Waals surface area contributed by atoms with Crippen molar-refractivity contribution < 1.29 is 4.74 Å². The van der Waals surface area contributed by atoms with Crippen LogP contribution in [0.4, 0.5) is 0 Å². The number of ether oxygens (including phenoxy) is 1. The number of hydrogen-bond donors (Lipinski definition) is 1. The Morgan fingerprint density at radius 2 is 1.90 bits per heavy atom. The van der Waals surface area contributed by atoms with Crippen molar-refractivity contribution in [2.45, 2.75) is 18.9 Å². The van der Waals surface area contributed by atoms with Crippen molar-refractivity contribution >= 4 is 11.2 Å². The summed E-state index contributed by atoms with van der Waals surface area (Å²) in [7, 11) is 2.94. The molecule has 0 amide bonds. The van der Waals surface area contributed by atoms with Crippen LogP contribution in [-0.2, 0) is 14.1 Å². The Morgan fingerprint density at radius 3 is 2.60 bits per heavy atom. The Balaban J connectivity index is 1.44.